The predicted molar refractivity (Wildman–Crippen MR) is 48.2 cm³/mol. The summed E-state index contributed by atoms with van der Waals surface area (Å²) in [7, 11) is -4.51. The summed E-state index contributed by atoms with van der Waals surface area (Å²) in [6.07, 6.45) is 0.376. The van der Waals surface area contributed by atoms with Crippen molar-refractivity contribution in [3.8, 4) is 0 Å². The average Bonchev–Trinajstić information content (AvgIpc) is 2.20. The number of sulfone groups is 1. The first-order valence-electron chi connectivity index (χ1n) is 3.83. The molecular formula is C7H3F4N3O2S. The highest BCUT2D eigenvalue weighted by atomic mass is 32.2. The minimum absolute atomic E-state index is 0.376. The van der Waals surface area contributed by atoms with Crippen LogP contribution in [0.25, 0.3) is 10.4 Å². The number of halogens is 4. The van der Waals surface area contributed by atoms with Crippen LogP contribution in [-0.4, -0.2) is 14.7 Å². The highest BCUT2D eigenvalue weighted by Gasteiger charge is 2.30. The Morgan fingerprint density at radius 2 is 1.47 bits per heavy atom. The maximum atomic E-state index is 13.2. The second-order valence-electron chi connectivity index (χ2n) is 2.90. The lowest BCUT2D eigenvalue weighted by molar-refractivity contribution is 0.423. The van der Waals surface area contributed by atoms with Crippen molar-refractivity contribution in [1.29, 1.82) is 0 Å². The minimum atomic E-state index is -4.51. The zero-order chi connectivity index (χ0) is 13.4. The molecule has 92 valence electrons. The number of benzene rings is 1. The molecule has 1 rings (SSSR count). The zero-order valence-corrected chi connectivity index (χ0v) is 8.89. The van der Waals surface area contributed by atoms with Gasteiger partial charge in [-0.25, -0.2) is 26.0 Å². The highest BCUT2D eigenvalue weighted by Crippen LogP contribution is 2.32. The summed E-state index contributed by atoms with van der Waals surface area (Å²) in [5.74, 6) is -8.40. The fourth-order valence-corrected chi connectivity index (χ4v) is 1.89. The van der Waals surface area contributed by atoms with Crippen molar-refractivity contribution < 1.29 is 26.0 Å². The molecule has 0 aliphatic rings. The number of hydrogen-bond acceptors (Lipinski definition) is 3. The Kier molecular flexibility index (Phi) is 3.30. The average molecular weight is 269 g/mol. The van der Waals surface area contributed by atoms with E-state index >= 15 is 0 Å². The number of azide groups is 1. The summed E-state index contributed by atoms with van der Waals surface area (Å²) in [5.41, 5.74) is 6.38. The molecule has 5 nitrogen and oxygen atoms in total. The third-order valence-corrected chi connectivity index (χ3v) is 2.82. The molecule has 10 heteroatoms. The van der Waals surface area contributed by atoms with Crippen molar-refractivity contribution in [3.05, 3.63) is 33.7 Å². The Morgan fingerprint density at radius 1 is 1.06 bits per heavy atom. The molecule has 0 unspecified atom stereocenters. The van der Waals surface area contributed by atoms with E-state index in [0.717, 1.165) is 0 Å². The predicted octanol–water partition coefficient (Wildman–Crippen LogP) is 2.59. The zero-order valence-electron chi connectivity index (χ0n) is 8.08. The van der Waals surface area contributed by atoms with E-state index in [9.17, 15) is 26.0 Å². The van der Waals surface area contributed by atoms with E-state index < -0.39 is 43.7 Å². The minimum Gasteiger partial charge on any atom is -0.224 e. The van der Waals surface area contributed by atoms with Gasteiger partial charge in [-0.05, 0) is 5.53 Å². The first kappa shape index (κ1) is 13.3. The van der Waals surface area contributed by atoms with Crippen LogP contribution in [0.3, 0.4) is 0 Å². The lowest BCUT2D eigenvalue weighted by Gasteiger charge is -2.07. The van der Waals surface area contributed by atoms with Gasteiger partial charge in [-0.3, -0.25) is 0 Å². The van der Waals surface area contributed by atoms with Gasteiger partial charge < -0.3 is 0 Å². The standard InChI is InChI=1S/C7H3F4N3O2S/c1-17(15,16)7-4(10)2(8)6(13-14-12)3(9)5(7)11/h1H3. The van der Waals surface area contributed by atoms with E-state index in [2.05, 4.69) is 5.11 Å². The summed E-state index contributed by atoms with van der Waals surface area (Å²) in [6.45, 7) is 0. The monoisotopic (exact) mass is 269 g/mol. The molecule has 0 bridgehead atoms. The smallest absolute Gasteiger partial charge is 0.181 e. The molecule has 0 amide bonds. The van der Waals surface area contributed by atoms with E-state index in [4.69, 9.17) is 5.53 Å². The van der Waals surface area contributed by atoms with Crippen molar-refractivity contribution in [2.75, 3.05) is 6.26 Å². The Bertz CT molecular complexity index is 608. The molecule has 0 radical (unpaired) electrons. The molecular weight excluding hydrogens is 266 g/mol. The number of nitrogens with zero attached hydrogens (tertiary/aromatic N) is 3. The molecule has 0 fully saturated rings. The van der Waals surface area contributed by atoms with E-state index in [1.54, 1.807) is 0 Å². The molecule has 0 aliphatic heterocycles. The summed E-state index contributed by atoms with van der Waals surface area (Å²) in [4.78, 5) is 0.218. The number of rotatable bonds is 2. The van der Waals surface area contributed by atoms with E-state index in [0.29, 0.717) is 6.26 Å². The Hall–Kier alpha value is -1.80. The summed E-state index contributed by atoms with van der Waals surface area (Å²) >= 11 is 0. The fraction of sp³-hybridized carbons (Fsp3) is 0.143. The van der Waals surface area contributed by atoms with E-state index in [1.807, 2.05) is 4.91 Å². The fourth-order valence-electron chi connectivity index (χ4n) is 1.06. The first-order valence-corrected chi connectivity index (χ1v) is 5.72. The van der Waals surface area contributed by atoms with Crippen molar-refractivity contribution in [2.45, 2.75) is 4.90 Å². The molecule has 0 aromatic heterocycles. The quantitative estimate of drug-likeness (QED) is 0.272. The van der Waals surface area contributed by atoms with Gasteiger partial charge in [-0.15, -0.1) is 0 Å². The topological polar surface area (TPSA) is 82.9 Å². The van der Waals surface area contributed by atoms with Crippen LogP contribution in [-0.2, 0) is 9.84 Å². The van der Waals surface area contributed by atoms with Gasteiger partial charge in [0.05, 0.1) is 0 Å². The molecule has 0 N–H and O–H groups in total. The molecule has 17 heavy (non-hydrogen) atoms. The van der Waals surface area contributed by atoms with Crippen LogP contribution in [0, 0.1) is 23.3 Å². The molecule has 1 aromatic rings. The Labute approximate surface area is 92.2 Å². The van der Waals surface area contributed by atoms with E-state index in [1.165, 1.54) is 0 Å². The Morgan fingerprint density at radius 3 is 1.76 bits per heavy atom. The van der Waals surface area contributed by atoms with Crippen LogP contribution in [0.2, 0.25) is 0 Å². The van der Waals surface area contributed by atoms with Crippen LogP contribution in [0.4, 0.5) is 23.2 Å². The van der Waals surface area contributed by atoms with Crippen molar-refractivity contribution >= 4 is 15.5 Å². The van der Waals surface area contributed by atoms with Crippen LogP contribution in [0.15, 0.2) is 10.0 Å². The van der Waals surface area contributed by atoms with Crippen molar-refractivity contribution in [3.63, 3.8) is 0 Å². The van der Waals surface area contributed by atoms with Crippen LogP contribution >= 0.6 is 0 Å². The molecule has 0 saturated carbocycles. The maximum Gasteiger partial charge on any atom is 0.181 e. The molecule has 0 saturated heterocycles. The normalized spacial score (nSPS) is 11.1. The molecule has 0 heterocycles. The summed E-state index contributed by atoms with van der Waals surface area (Å²) in [6, 6.07) is 0. The first-order chi connectivity index (χ1) is 7.71. The van der Waals surface area contributed by atoms with Crippen LogP contribution in [0.5, 0.6) is 0 Å². The highest BCUT2D eigenvalue weighted by molar-refractivity contribution is 7.90. The van der Waals surface area contributed by atoms with Gasteiger partial charge in [0.2, 0.25) is 0 Å². The van der Waals surface area contributed by atoms with Crippen molar-refractivity contribution in [1.82, 2.24) is 0 Å². The van der Waals surface area contributed by atoms with Gasteiger partial charge in [-0.2, -0.15) is 0 Å². The largest absolute Gasteiger partial charge is 0.224 e. The Balaban J connectivity index is 3.90. The lowest BCUT2D eigenvalue weighted by atomic mass is 10.2. The van der Waals surface area contributed by atoms with Gasteiger partial charge in [0, 0.05) is 11.2 Å². The molecule has 0 atom stereocenters. The van der Waals surface area contributed by atoms with Gasteiger partial charge in [0.15, 0.2) is 33.1 Å². The van der Waals surface area contributed by atoms with Gasteiger partial charge in [0.25, 0.3) is 0 Å². The number of hydrogen-bond donors (Lipinski definition) is 0. The SMILES string of the molecule is CS(=O)(=O)c1c(F)c(F)c(N=[N+]=[N-])c(F)c1F. The second-order valence-corrected chi connectivity index (χ2v) is 4.85. The second kappa shape index (κ2) is 4.22. The third-order valence-electron chi connectivity index (χ3n) is 1.72. The van der Waals surface area contributed by atoms with Gasteiger partial charge in [-0.1, -0.05) is 5.11 Å². The summed E-state index contributed by atoms with van der Waals surface area (Å²) < 4.78 is 74.4. The van der Waals surface area contributed by atoms with Crippen molar-refractivity contribution in [2.24, 2.45) is 5.11 Å². The molecule has 1 aromatic carbocycles. The van der Waals surface area contributed by atoms with Crippen LogP contribution in [0.1, 0.15) is 0 Å². The lowest BCUT2D eigenvalue weighted by Crippen LogP contribution is -2.09. The maximum absolute atomic E-state index is 13.2. The summed E-state index contributed by atoms with van der Waals surface area (Å²) in [5, 5.41) is 2.41. The third kappa shape index (κ3) is 2.17. The van der Waals surface area contributed by atoms with Gasteiger partial charge >= 0.3 is 0 Å². The van der Waals surface area contributed by atoms with Gasteiger partial charge in [0.1, 0.15) is 10.6 Å². The van der Waals surface area contributed by atoms with E-state index in [-0.39, 0.29) is 0 Å². The van der Waals surface area contributed by atoms with Crippen LogP contribution < -0.4 is 0 Å². The molecule has 0 spiro atoms. The molecule has 0 aliphatic carbocycles.